The summed E-state index contributed by atoms with van der Waals surface area (Å²) in [5, 5.41) is 30.3. The van der Waals surface area contributed by atoms with E-state index in [2.05, 4.69) is 122 Å². The van der Waals surface area contributed by atoms with Crippen molar-refractivity contribution in [3.8, 4) is 0 Å². The minimum Gasteiger partial charge on any atom is -0.545 e. The zero-order chi connectivity index (χ0) is 43.9. The van der Waals surface area contributed by atoms with Crippen LogP contribution in [0.3, 0.4) is 0 Å². The molecule has 3 aliphatic rings. The van der Waals surface area contributed by atoms with Crippen molar-refractivity contribution in [3.05, 3.63) is 176 Å². The second-order valence-electron chi connectivity index (χ2n) is 15.8. The van der Waals surface area contributed by atoms with Crippen molar-refractivity contribution >= 4 is 17.9 Å². The van der Waals surface area contributed by atoms with Gasteiger partial charge in [0.25, 0.3) is 0 Å². The van der Waals surface area contributed by atoms with Gasteiger partial charge in [0.05, 0.1) is 17.9 Å². The molecule has 312 valence electrons. The van der Waals surface area contributed by atoms with E-state index in [1.807, 2.05) is 0 Å². The summed E-state index contributed by atoms with van der Waals surface area (Å²) >= 11 is 0. The fourth-order valence-electron chi connectivity index (χ4n) is 5.94. The summed E-state index contributed by atoms with van der Waals surface area (Å²) in [5.41, 5.74) is 13.8. The first-order chi connectivity index (χ1) is 26.3. The summed E-state index contributed by atoms with van der Waals surface area (Å²) in [6, 6.07) is 24.2. The fourth-order valence-corrected chi connectivity index (χ4v) is 5.94. The summed E-state index contributed by atoms with van der Waals surface area (Å²) in [6.45, 7) is 32.8. The third-order valence-corrected chi connectivity index (χ3v) is 10.7. The molecule has 3 aliphatic carbocycles. The van der Waals surface area contributed by atoms with E-state index in [9.17, 15) is 29.7 Å². The average Bonchev–Trinajstić information content (AvgIpc) is 3.55. The van der Waals surface area contributed by atoms with Crippen LogP contribution in [0.2, 0.25) is 0 Å². The van der Waals surface area contributed by atoms with Crippen molar-refractivity contribution in [2.75, 3.05) is 0 Å². The third-order valence-electron chi connectivity index (χ3n) is 10.7. The number of benzene rings is 3. The average molecular weight is 1040 g/mol. The smallest absolute Gasteiger partial charge is 0.545 e. The van der Waals surface area contributed by atoms with Gasteiger partial charge in [0.15, 0.2) is 0 Å². The fraction of sp³-hybridized carbons (Fsp3) is 0.353. The molecule has 0 aromatic heterocycles. The van der Waals surface area contributed by atoms with Gasteiger partial charge in [-0.1, -0.05) is 190 Å². The molecule has 3 aromatic rings. The molecule has 0 spiro atoms. The molecule has 0 atom stereocenters. The number of rotatable bonds is 3. The van der Waals surface area contributed by atoms with Crippen LogP contribution in [0.4, 0.5) is 0 Å². The van der Waals surface area contributed by atoms with E-state index in [0.29, 0.717) is 0 Å². The molecule has 0 radical (unpaired) electrons. The number of allylic oxidation sites excluding steroid dienone is 12. The van der Waals surface area contributed by atoms with Gasteiger partial charge in [-0.3, -0.25) is 18.2 Å². The van der Waals surface area contributed by atoms with Crippen LogP contribution < -0.4 is 15.3 Å². The van der Waals surface area contributed by atoms with E-state index >= 15 is 0 Å². The second-order valence-corrected chi connectivity index (χ2v) is 15.8. The Labute approximate surface area is 418 Å². The number of aromatic carboxylic acids is 3. The topological polar surface area (TPSA) is 120 Å². The first-order valence-corrected chi connectivity index (χ1v) is 19.0. The zero-order valence-electron chi connectivity index (χ0n) is 38.1. The number of carboxylic acids is 3. The summed E-state index contributed by atoms with van der Waals surface area (Å²) in [7, 11) is 0. The van der Waals surface area contributed by atoms with Crippen molar-refractivity contribution in [3.63, 3.8) is 0 Å². The van der Waals surface area contributed by atoms with E-state index in [1.165, 1.54) is 86.6 Å². The van der Waals surface area contributed by atoms with Gasteiger partial charge in [-0.05, 0) is 16.7 Å². The SMILES string of the molecule is CC1=[C-]C(C)(C)C(C)=C1C.CC1=[C-]C(C)(C)C(C)=C1C.CC1=[C-]C(C)(C)C(C)=C1C.O=C([O-])c1ccccc1.O=C([O-])c1ccccc1.O=C([O-])c1ccccc1.[Zr+2].[Zr+2].[Zr+2]. The Morgan fingerprint density at radius 2 is 0.533 bits per heavy atom. The molecule has 6 nitrogen and oxygen atoms in total. The van der Waals surface area contributed by atoms with E-state index in [-0.39, 0.29) is 112 Å². The molecule has 0 aliphatic heterocycles. The normalized spacial score (nSPS) is 15.8. The van der Waals surface area contributed by atoms with Crippen LogP contribution >= 0.6 is 0 Å². The molecule has 0 saturated heterocycles. The predicted octanol–water partition coefficient (Wildman–Crippen LogP) is 9.48. The number of carbonyl (C=O) groups excluding carboxylic acids is 3. The summed E-state index contributed by atoms with van der Waals surface area (Å²) < 4.78 is 0. The Kier molecular flexibility index (Phi) is 28.7. The maximum absolute atomic E-state index is 10.1. The number of hydrogen-bond donors (Lipinski definition) is 0. The van der Waals surface area contributed by atoms with Crippen LogP contribution in [0.1, 0.15) is 135 Å². The Balaban J connectivity index is -0.000000644. The molecular weight excluding hydrogens is 982 g/mol. The van der Waals surface area contributed by atoms with Gasteiger partial charge in [-0.2, -0.15) is 33.4 Å². The van der Waals surface area contributed by atoms with Crippen molar-refractivity contribution in [2.24, 2.45) is 16.2 Å². The van der Waals surface area contributed by atoms with Crippen molar-refractivity contribution in [2.45, 2.75) is 104 Å². The van der Waals surface area contributed by atoms with Crippen LogP contribution in [-0.2, 0) is 78.6 Å². The Hall–Kier alpha value is -2.84. The van der Waals surface area contributed by atoms with Gasteiger partial charge in [-0.25, -0.2) is 16.7 Å². The summed E-state index contributed by atoms with van der Waals surface area (Å²) in [5.74, 6) is -3.39. The largest absolute Gasteiger partial charge is 2.00 e. The molecule has 0 fully saturated rings. The van der Waals surface area contributed by atoms with Crippen LogP contribution in [0.25, 0.3) is 0 Å². The number of carbonyl (C=O) groups is 3. The number of carboxylic acid groups (broad SMARTS) is 3. The zero-order valence-corrected chi connectivity index (χ0v) is 45.5. The van der Waals surface area contributed by atoms with Crippen LogP contribution in [0.15, 0.2) is 141 Å². The van der Waals surface area contributed by atoms with Gasteiger partial charge < -0.3 is 29.7 Å². The predicted molar refractivity (Wildman–Crippen MR) is 226 cm³/mol. The first-order valence-electron chi connectivity index (χ1n) is 19.0. The van der Waals surface area contributed by atoms with E-state index < -0.39 is 17.9 Å². The third kappa shape index (κ3) is 19.9. The quantitative estimate of drug-likeness (QED) is 0.241. The molecule has 0 saturated carbocycles. The maximum atomic E-state index is 10.1. The van der Waals surface area contributed by atoms with Crippen LogP contribution in [-0.4, -0.2) is 17.9 Å². The van der Waals surface area contributed by atoms with Gasteiger partial charge in [0, 0.05) is 0 Å². The molecule has 60 heavy (non-hydrogen) atoms. The summed E-state index contributed by atoms with van der Waals surface area (Å²) in [4.78, 5) is 30.3. The second kappa shape index (κ2) is 28.0. The molecular formula is C51H60O6Zr3. The molecule has 0 bridgehead atoms. The maximum Gasteiger partial charge on any atom is 2.00 e. The summed E-state index contributed by atoms with van der Waals surface area (Å²) in [6.07, 6.45) is 10.3. The monoisotopic (exact) mass is 1040 g/mol. The van der Waals surface area contributed by atoms with Gasteiger partial charge in [0.2, 0.25) is 0 Å². The molecule has 6 rings (SSSR count). The standard InChI is InChI=1S/3C10H15.3C7H6O2.3Zr/c3*1-7-6-10(4,5)9(3)8(7)2;3*8-7(9)6-4-2-1-3-5-6;;;/h3*1-5H3;3*1-5H,(H,8,9);;;/q3*-1;;;;3*+2/p-3. The van der Waals surface area contributed by atoms with Gasteiger partial charge in [-0.15, -0.1) is 20.8 Å². The van der Waals surface area contributed by atoms with E-state index in [1.54, 1.807) is 54.6 Å². The molecule has 0 amide bonds. The molecule has 9 heteroatoms. The molecule has 0 heterocycles. The van der Waals surface area contributed by atoms with Gasteiger partial charge in [0.1, 0.15) is 0 Å². The number of hydrogen-bond acceptors (Lipinski definition) is 6. The Morgan fingerprint density at radius 1 is 0.367 bits per heavy atom. The Bertz CT molecular complexity index is 1810. The Morgan fingerprint density at radius 3 is 0.600 bits per heavy atom. The van der Waals surface area contributed by atoms with E-state index in [4.69, 9.17) is 0 Å². The minimum atomic E-state index is -1.13. The van der Waals surface area contributed by atoms with E-state index in [0.717, 1.165) is 0 Å². The first kappa shape index (κ1) is 61.5. The molecule has 0 unspecified atom stereocenters. The van der Waals surface area contributed by atoms with Gasteiger partial charge >= 0.3 is 78.6 Å². The van der Waals surface area contributed by atoms with Crippen LogP contribution in [0, 0.1) is 34.5 Å². The van der Waals surface area contributed by atoms with Crippen molar-refractivity contribution in [1.82, 2.24) is 0 Å². The van der Waals surface area contributed by atoms with Crippen molar-refractivity contribution in [1.29, 1.82) is 0 Å². The molecule has 0 N–H and O–H groups in total. The van der Waals surface area contributed by atoms with Crippen molar-refractivity contribution < 1.29 is 108 Å². The minimum absolute atomic E-state index is 0. The molecule has 3 aromatic carbocycles. The van der Waals surface area contributed by atoms with Crippen LogP contribution in [0.5, 0.6) is 0 Å².